The zero-order chi connectivity index (χ0) is 13.2. The molecule has 0 radical (unpaired) electrons. The Morgan fingerprint density at radius 1 is 1.33 bits per heavy atom. The molecule has 2 N–H and O–H groups in total. The van der Waals surface area contributed by atoms with E-state index in [9.17, 15) is 13.2 Å². The summed E-state index contributed by atoms with van der Waals surface area (Å²) in [5.41, 5.74) is -0.999. The summed E-state index contributed by atoms with van der Waals surface area (Å²) in [7, 11) is 1.59. The molecule has 1 fully saturated rings. The van der Waals surface area contributed by atoms with Gasteiger partial charge in [-0.1, -0.05) is 0 Å². The number of methoxy groups -OCH3 is 1. The number of alkyl halides is 3. The zero-order valence-electron chi connectivity index (χ0n) is 9.66. The molecular weight excluding hydrogens is 249 g/mol. The highest BCUT2D eigenvalue weighted by Crippen LogP contribution is 2.27. The summed E-state index contributed by atoms with van der Waals surface area (Å²) in [5.74, 6) is 0.304. The van der Waals surface area contributed by atoms with Gasteiger partial charge in [0.2, 0.25) is 0 Å². The molecule has 0 spiro atoms. The fourth-order valence-electron chi connectivity index (χ4n) is 1.80. The van der Waals surface area contributed by atoms with Crippen LogP contribution in [0.25, 0.3) is 0 Å². The van der Waals surface area contributed by atoms with Crippen LogP contribution in [0.1, 0.15) is 5.69 Å². The second-order valence-electron chi connectivity index (χ2n) is 3.98. The molecule has 5 nitrogen and oxygen atoms in total. The molecule has 8 heteroatoms. The van der Waals surface area contributed by atoms with Gasteiger partial charge in [0.15, 0.2) is 5.69 Å². The van der Waals surface area contributed by atoms with Crippen LogP contribution in [0.5, 0.6) is 0 Å². The lowest BCUT2D eigenvalue weighted by atomic mass is 10.2. The highest BCUT2D eigenvalue weighted by atomic mass is 19.4. The van der Waals surface area contributed by atoms with Crippen molar-refractivity contribution in [2.45, 2.75) is 18.3 Å². The molecular formula is C10H13F3N4O. The van der Waals surface area contributed by atoms with E-state index in [1.807, 2.05) is 0 Å². The first-order chi connectivity index (χ1) is 8.50. The lowest BCUT2D eigenvalue weighted by Crippen LogP contribution is -2.34. The van der Waals surface area contributed by atoms with Gasteiger partial charge in [-0.25, -0.2) is 0 Å². The largest absolute Gasteiger partial charge is 0.435 e. The van der Waals surface area contributed by atoms with Crippen LogP contribution in [0, 0.1) is 0 Å². The van der Waals surface area contributed by atoms with Crippen LogP contribution < -0.4 is 10.6 Å². The molecule has 1 saturated heterocycles. The summed E-state index contributed by atoms with van der Waals surface area (Å²) >= 11 is 0. The van der Waals surface area contributed by atoms with Crippen LogP contribution in [-0.2, 0) is 10.9 Å². The van der Waals surface area contributed by atoms with Gasteiger partial charge in [0, 0.05) is 20.2 Å². The standard InChI is InChI=1S/C10H13F3N4O/c1-18-7-5-14-4-6(7)15-9-3-2-8(16-17-9)10(11,12)13/h2-3,6-7,14H,4-5H2,1H3,(H,15,17)/t6?,7-/m0/s1. The SMILES string of the molecule is CO[C@H]1CNCC1Nc1ccc(C(F)(F)F)nn1. The number of hydrogen-bond acceptors (Lipinski definition) is 5. The summed E-state index contributed by atoms with van der Waals surface area (Å²) in [6.45, 7) is 1.36. The lowest BCUT2D eigenvalue weighted by Gasteiger charge is -2.18. The smallest absolute Gasteiger partial charge is 0.378 e. The third kappa shape index (κ3) is 2.88. The number of rotatable bonds is 3. The van der Waals surface area contributed by atoms with Crippen LogP contribution in [0.4, 0.5) is 19.0 Å². The zero-order valence-corrected chi connectivity index (χ0v) is 9.66. The van der Waals surface area contributed by atoms with E-state index in [-0.39, 0.29) is 12.1 Å². The monoisotopic (exact) mass is 262 g/mol. The fourth-order valence-corrected chi connectivity index (χ4v) is 1.80. The summed E-state index contributed by atoms with van der Waals surface area (Å²) in [5, 5.41) is 12.8. The van der Waals surface area contributed by atoms with Crippen molar-refractivity contribution in [3.63, 3.8) is 0 Å². The average molecular weight is 262 g/mol. The Morgan fingerprint density at radius 3 is 2.67 bits per heavy atom. The van der Waals surface area contributed by atoms with E-state index in [2.05, 4.69) is 20.8 Å². The number of hydrogen-bond donors (Lipinski definition) is 2. The van der Waals surface area contributed by atoms with Crippen molar-refractivity contribution in [1.82, 2.24) is 15.5 Å². The third-order valence-electron chi connectivity index (χ3n) is 2.75. The minimum Gasteiger partial charge on any atom is -0.378 e. The second-order valence-corrected chi connectivity index (χ2v) is 3.98. The molecule has 1 aromatic rings. The lowest BCUT2D eigenvalue weighted by molar-refractivity contribution is -0.141. The average Bonchev–Trinajstić information content (AvgIpc) is 2.76. The molecule has 2 rings (SSSR count). The highest BCUT2D eigenvalue weighted by Gasteiger charge is 2.33. The van der Waals surface area contributed by atoms with E-state index in [0.29, 0.717) is 18.9 Å². The van der Waals surface area contributed by atoms with Crippen molar-refractivity contribution in [1.29, 1.82) is 0 Å². The number of anilines is 1. The molecule has 2 heterocycles. The van der Waals surface area contributed by atoms with E-state index in [1.54, 1.807) is 7.11 Å². The molecule has 1 aromatic heterocycles. The maximum Gasteiger partial charge on any atom is 0.435 e. The Labute approximate surface area is 102 Å². The Balaban J connectivity index is 2.02. The van der Waals surface area contributed by atoms with E-state index in [1.165, 1.54) is 6.07 Å². The molecule has 100 valence electrons. The molecule has 18 heavy (non-hydrogen) atoms. The van der Waals surface area contributed by atoms with Crippen molar-refractivity contribution >= 4 is 5.82 Å². The van der Waals surface area contributed by atoms with E-state index < -0.39 is 11.9 Å². The predicted molar refractivity (Wildman–Crippen MR) is 58.1 cm³/mol. The van der Waals surface area contributed by atoms with Crippen molar-refractivity contribution < 1.29 is 17.9 Å². The van der Waals surface area contributed by atoms with Gasteiger partial charge < -0.3 is 15.4 Å². The van der Waals surface area contributed by atoms with Crippen LogP contribution in [-0.4, -0.2) is 42.5 Å². The topological polar surface area (TPSA) is 59.1 Å². The molecule has 0 amide bonds. The summed E-state index contributed by atoms with van der Waals surface area (Å²) in [4.78, 5) is 0. The van der Waals surface area contributed by atoms with Crippen molar-refractivity contribution in [3.05, 3.63) is 17.8 Å². The predicted octanol–water partition coefficient (Wildman–Crippen LogP) is 0.894. The summed E-state index contributed by atoms with van der Waals surface area (Å²) in [6.07, 6.45) is -4.50. The van der Waals surface area contributed by atoms with E-state index in [0.717, 1.165) is 6.07 Å². The van der Waals surface area contributed by atoms with E-state index in [4.69, 9.17) is 4.74 Å². The molecule has 2 atom stereocenters. The third-order valence-corrected chi connectivity index (χ3v) is 2.75. The van der Waals surface area contributed by atoms with Gasteiger partial charge in [-0.2, -0.15) is 13.2 Å². The Hall–Kier alpha value is -1.41. The Kier molecular flexibility index (Phi) is 3.67. The fraction of sp³-hybridized carbons (Fsp3) is 0.600. The number of aromatic nitrogens is 2. The molecule has 1 aliphatic rings. The minimum absolute atomic E-state index is 0.0268. The molecule has 0 saturated carbocycles. The van der Waals surface area contributed by atoms with Crippen LogP contribution in [0.15, 0.2) is 12.1 Å². The van der Waals surface area contributed by atoms with Crippen LogP contribution in [0.3, 0.4) is 0 Å². The number of nitrogens with one attached hydrogen (secondary N) is 2. The molecule has 0 aromatic carbocycles. The number of nitrogens with zero attached hydrogens (tertiary/aromatic N) is 2. The van der Waals surface area contributed by atoms with Crippen LogP contribution >= 0.6 is 0 Å². The maximum atomic E-state index is 12.3. The van der Waals surface area contributed by atoms with Gasteiger partial charge >= 0.3 is 6.18 Å². The highest BCUT2D eigenvalue weighted by molar-refractivity contribution is 5.35. The molecule has 1 aliphatic heterocycles. The first kappa shape index (κ1) is 13.0. The maximum absolute atomic E-state index is 12.3. The van der Waals surface area contributed by atoms with Gasteiger partial charge in [-0.3, -0.25) is 0 Å². The first-order valence-electron chi connectivity index (χ1n) is 5.41. The van der Waals surface area contributed by atoms with Gasteiger partial charge in [-0.05, 0) is 12.1 Å². The Bertz CT molecular complexity index is 395. The quantitative estimate of drug-likeness (QED) is 0.847. The van der Waals surface area contributed by atoms with Gasteiger partial charge in [0.05, 0.1) is 12.1 Å². The van der Waals surface area contributed by atoms with Crippen molar-refractivity contribution in [2.24, 2.45) is 0 Å². The number of halogens is 3. The number of ether oxygens (including phenoxy) is 1. The van der Waals surface area contributed by atoms with Gasteiger partial charge in [0.25, 0.3) is 0 Å². The molecule has 0 bridgehead atoms. The van der Waals surface area contributed by atoms with Gasteiger partial charge in [-0.15, -0.1) is 10.2 Å². The summed E-state index contributed by atoms with van der Waals surface area (Å²) < 4.78 is 42.1. The normalized spacial score (nSPS) is 24.2. The Morgan fingerprint density at radius 2 is 2.11 bits per heavy atom. The second kappa shape index (κ2) is 5.07. The van der Waals surface area contributed by atoms with Crippen LogP contribution in [0.2, 0.25) is 0 Å². The van der Waals surface area contributed by atoms with E-state index >= 15 is 0 Å². The first-order valence-corrected chi connectivity index (χ1v) is 5.41. The van der Waals surface area contributed by atoms with Crippen molar-refractivity contribution in [3.8, 4) is 0 Å². The van der Waals surface area contributed by atoms with Gasteiger partial charge in [0.1, 0.15) is 5.82 Å². The van der Waals surface area contributed by atoms with Crippen molar-refractivity contribution in [2.75, 3.05) is 25.5 Å². The molecule has 1 unspecified atom stereocenters. The summed E-state index contributed by atoms with van der Waals surface area (Å²) in [6, 6.07) is 2.14. The minimum atomic E-state index is -4.46. The molecule has 0 aliphatic carbocycles.